The van der Waals surface area contributed by atoms with Crippen LogP contribution < -0.4 is 14.8 Å². The fourth-order valence-corrected chi connectivity index (χ4v) is 5.48. The van der Waals surface area contributed by atoms with Gasteiger partial charge in [0.1, 0.15) is 6.54 Å². The third-order valence-corrected chi connectivity index (χ3v) is 7.76. The second-order valence-corrected chi connectivity index (χ2v) is 10.7. The summed E-state index contributed by atoms with van der Waals surface area (Å²) in [5, 5.41) is 2.25. The molecule has 2 aliphatic heterocycles. The van der Waals surface area contributed by atoms with Crippen molar-refractivity contribution in [1.29, 1.82) is 0 Å². The Morgan fingerprint density at radius 3 is 2.51 bits per heavy atom. The van der Waals surface area contributed by atoms with Crippen molar-refractivity contribution in [2.24, 2.45) is 0 Å². The van der Waals surface area contributed by atoms with Crippen LogP contribution in [0.25, 0.3) is 6.08 Å². The van der Waals surface area contributed by atoms with Crippen molar-refractivity contribution in [3.05, 3.63) is 93.9 Å². The highest BCUT2D eigenvalue weighted by Crippen LogP contribution is 2.37. The first-order valence-electron chi connectivity index (χ1n) is 13.1. The third kappa shape index (κ3) is 6.44. The Morgan fingerprint density at radius 1 is 1.00 bits per heavy atom. The summed E-state index contributed by atoms with van der Waals surface area (Å²) in [6.45, 7) is 2.31. The Balaban J connectivity index is 1.27. The molecular weight excluding hydrogens is 542 g/mol. The van der Waals surface area contributed by atoms with Gasteiger partial charge in [0.05, 0.1) is 12.0 Å². The summed E-state index contributed by atoms with van der Waals surface area (Å²) in [5.74, 6) is -0.597. The Hall–Kier alpha value is -4.57. The van der Waals surface area contributed by atoms with Crippen LogP contribution in [0.2, 0.25) is 0 Å². The van der Waals surface area contributed by atoms with Gasteiger partial charge in [-0.05, 0) is 60.5 Å². The zero-order chi connectivity index (χ0) is 28.9. The summed E-state index contributed by atoms with van der Waals surface area (Å²) in [5.41, 5.74) is 4.44. The van der Waals surface area contributed by atoms with Crippen molar-refractivity contribution < 1.29 is 28.7 Å². The number of hydrogen-bond acceptors (Lipinski definition) is 7. The number of nitrogens with zero attached hydrogens (tertiary/aromatic N) is 2. The molecule has 0 radical (unpaired) electrons. The van der Waals surface area contributed by atoms with Crippen LogP contribution in [0.3, 0.4) is 0 Å². The van der Waals surface area contributed by atoms with Crippen molar-refractivity contribution >= 4 is 46.5 Å². The topological polar surface area (TPSA) is 105 Å². The lowest BCUT2D eigenvalue weighted by atomic mass is 10.00. The van der Waals surface area contributed by atoms with E-state index in [9.17, 15) is 19.2 Å². The molecule has 1 N–H and O–H groups in total. The van der Waals surface area contributed by atoms with Gasteiger partial charge >= 0.3 is 0 Å². The molecule has 0 spiro atoms. The van der Waals surface area contributed by atoms with E-state index in [1.54, 1.807) is 35.2 Å². The average molecular weight is 572 g/mol. The zero-order valence-electron chi connectivity index (χ0n) is 22.7. The van der Waals surface area contributed by atoms with Gasteiger partial charge in [-0.25, -0.2) is 0 Å². The normalized spacial score (nSPS) is 15.6. The lowest BCUT2D eigenvalue weighted by Gasteiger charge is -2.29. The Bertz CT molecular complexity index is 1540. The van der Waals surface area contributed by atoms with E-state index in [1.165, 1.54) is 18.7 Å². The van der Waals surface area contributed by atoms with Crippen LogP contribution in [0.1, 0.15) is 22.3 Å². The predicted molar refractivity (Wildman–Crippen MR) is 157 cm³/mol. The van der Waals surface area contributed by atoms with Crippen LogP contribution in [-0.2, 0) is 27.3 Å². The number of nitrogens with one attached hydrogen (secondary N) is 1. The van der Waals surface area contributed by atoms with Crippen molar-refractivity contribution in [2.45, 2.75) is 19.9 Å². The van der Waals surface area contributed by atoms with Crippen LogP contribution in [0, 0.1) is 6.92 Å². The molecule has 0 aliphatic carbocycles. The Kier molecular flexibility index (Phi) is 8.39. The van der Waals surface area contributed by atoms with E-state index in [4.69, 9.17) is 9.47 Å². The van der Waals surface area contributed by atoms with E-state index in [1.807, 2.05) is 43.3 Å². The van der Waals surface area contributed by atoms with Crippen LogP contribution in [0.5, 0.6) is 11.5 Å². The highest BCUT2D eigenvalue weighted by atomic mass is 32.2. The number of thioether (sulfide) groups is 1. The van der Waals surface area contributed by atoms with Gasteiger partial charge in [0, 0.05) is 24.3 Å². The van der Waals surface area contributed by atoms with E-state index in [2.05, 4.69) is 5.32 Å². The van der Waals surface area contributed by atoms with E-state index in [-0.39, 0.29) is 35.6 Å². The highest BCUT2D eigenvalue weighted by Gasteiger charge is 2.37. The van der Waals surface area contributed by atoms with Gasteiger partial charge in [0.25, 0.3) is 17.1 Å². The number of para-hydroxylation sites is 1. The molecule has 0 atom stereocenters. The number of benzene rings is 3. The maximum Gasteiger partial charge on any atom is 0.294 e. The fourth-order valence-electron chi connectivity index (χ4n) is 4.65. The molecule has 0 aromatic heterocycles. The molecule has 1 fully saturated rings. The molecule has 210 valence electrons. The van der Waals surface area contributed by atoms with Gasteiger partial charge in [-0.2, -0.15) is 0 Å². The number of fused-ring (bicyclic) bond motifs is 1. The summed E-state index contributed by atoms with van der Waals surface area (Å²) in [6.07, 6.45) is 2.24. The highest BCUT2D eigenvalue weighted by molar-refractivity contribution is 8.18. The minimum Gasteiger partial charge on any atom is -0.493 e. The third-order valence-electron chi connectivity index (χ3n) is 6.85. The number of anilines is 1. The van der Waals surface area contributed by atoms with Crippen LogP contribution in [-0.4, -0.2) is 59.6 Å². The smallest absolute Gasteiger partial charge is 0.294 e. The van der Waals surface area contributed by atoms with E-state index >= 15 is 0 Å². The van der Waals surface area contributed by atoms with Crippen LogP contribution >= 0.6 is 11.8 Å². The van der Waals surface area contributed by atoms with Gasteiger partial charge in [0.2, 0.25) is 5.91 Å². The molecule has 10 heteroatoms. The summed E-state index contributed by atoms with van der Waals surface area (Å²) >= 11 is 0.755. The van der Waals surface area contributed by atoms with Crippen LogP contribution in [0.15, 0.2) is 71.6 Å². The van der Waals surface area contributed by atoms with Gasteiger partial charge in [0.15, 0.2) is 18.1 Å². The molecule has 5 rings (SSSR count). The monoisotopic (exact) mass is 571 g/mol. The van der Waals surface area contributed by atoms with Gasteiger partial charge in [-0.15, -0.1) is 0 Å². The number of aryl methyl sites for hydroxylation is 1. The van der Waals surface area contributed by atoms with Crippen molar-refractivity contribution in [2.75, 3.05) is 32.1 Å². The zero-order valence-corrected chi connectivity index (χ0v) is 23.5. The first-order valence-corrected chi connectivity index (χ1v) is 13.9. The van der Waals surface area contributed by atoms with Gasteiger partial charge in [-0.3, -0.25) is 24.1 Å². The minimum absolute atomic E-state index is 0.147. The van der Waals surface area contributed by atoms with Gasteiger partial charge < -0.3 is 19.7 Å². The molecule has 3 aromatic carbocycles. The number of ether oxygens (including phenoxy) is 2. The van der Waals surface area contributed by atoms with E-state index in [0.717, 1.165) is 34.2 Å². The number of hydrogen-bond donors (Lipinski definition) is 1. The molecule has 41 heavy (non-hydrogen) atoms. The maximum atomic E-state index is 13.2. The van der Waals surface area contributed by atoms with Crippen molar-refractivity contribution in [3.8, 4) is 11.5 Å². The second-order valence-electron chi connectivity index (χ2n) is 9.68. The standard InChI is InChI=1S/C31H29N3O6S/c1-20-10-12-24(13-11-20)32-27(35)19-40-29-22(8-5-9-25(29)39-2)16-26-30(37)34(31(38)41-26)18-28(36)33-15-14-21-6-3-4-7-23(21)17-33/h3-13,16H,14-15,17-19H2,1-2H3,(H,32,35)/b26-16-. The molecule has 3 aromatic rings. The Labute approximate surface area is 242 Å². The maximum absolute atomic E-state index is 13.2. The summed E-state index contributed by atoms with van der Waals surface area (Å²) in [4.78, 5) is 54.3. The minimum atomic E-state index is -0.559. The molecule has 0 saturated carbocycles. The van der Waals surface area contributed by atoms with Crippen LogP contribution in [0.4, 0.5) is 10.5 Å². The summed E-state index contributed by atoms with van der Waals surface area (Å²) in [7, 11) is 1.47. The van der Waals surface area contributed by atoms with Gasteiger partial charge in [-0.1, -0.05) is 54.1 Å². The summed E-state index contributed by atoms with van der Waals surface area (Å²) in [6, 6.07) is 20.4. The molecule has 2 heterocycles. The Morgan fingerprint density at radius 2 is 1.76 bits per heavy atom. The molecule has 4 amide bonds. The lowest BCUT2D eigenvalue weighted by molar-refractivity contribution is -0.136. The predicted octanol–water partition coefficient (Wildman–Crippen LogP) is 4.64. The number of methoxy groups -OCH3 is 1. The molecular formula is C31H29N3O6S. The molecule has 0 unspecified atom stereocenters. The molecule has 2 aliphatic rings. The molecule has 9 nitrogen and oxygen atoms in total. The average Bonchev–Trinajstić information content (AvgIpc) is 3.24. The number of imide groups is 1. The van der Waals surface area contributed by atoms with E-state index < -0.39 is 11.1 Å². The number of amides is 4. The number of carbonyl (C=O) groups excluding carboxylic acids is 4. The SMILES string of the molecule is COc1cccc(/C=C2\SC(=O)N(CC(=O)N3CCc4ccccc4C3)C2=O)c1OCC(=O)Nc1ccc(C)cc1. The van der Waals surface area contributed by atoms with Crippen molar-refractivity contribution in [1.82, 2.24) is 9.80 Å². The molecule has 0 bridgehead atoms. The number of rotatable bonds is 8. The molecule has 1 saturated heterocycles. The fraction of sp³-hybridized carbons (Fsp3) is 0.226. The first-order chi connectivity index (χ1) is 19.8. The first kappa shape index (κ1) is 28.0. The largest absolute Gasteiger partial charge is 0.493 e. The lowest BCUT2D eigenvalue weighted by Crippen LogP contribution is -2.44. The number of carbonyl (C=O) groups is 4. The summed E-state index contributed by atoms with van der Waals surface area (Å²) < 4.78 is 11.3. The van der Waals surface area contributed by atoms with E-state index in [0.29, 0.717) is 30.1 Å². The second kappa shape index (κ2) is 12.3. The van der Waals surface area contributed by atoms with Crippen molar-refractivity contribution in [3.63, 3.8) is 0 Å². The quantitative estimate of drug-likeness (QED) is 0.393.